The van der Waals surface area contributed by atoms with Crippen LogP contribution in [0.4, 0.5) is 4.39 Å². The van der Waals surface area contributed by atoms with Crippen LogP contribution < -0.4 is 5.32 Å². The predicted octanol–water partition coefficient (Wildman–Crippen LogP) is 1.34. The van der Waals surface area contributed by atoms with Crippen molar-refractivity contribution in [1.82, 2.24) is 14.9 Å². The van der Waals surface area contributed by atoms with Gasteiger partial charge >= 0.3 is 0 Å². The molecule has 1 heterocycles. The first-order valence-corrected chi connectivity index (χ1v) is 5.21. The minimum atomic E-state index is -0.279. The van der Waals surface area contributed by atoms with Crippen molar-refractivity contribution in [3.63, 3.8) is 0 Å². The highest BCUT2D eigenvalue weighted by Crippen LogP contribution is 2.01. The number of halogens is 1. The molecule has 0 radical (unpaired) electrons. The number of carbonyl (C=O) groups is 1. The van der Waals surface area contributed by atoms with E-state index in [9.17, 15) is 9.18 Å². The number of imidazole rings is 1. The Morgan fingerprint density at radius 3 is 2.76 bits per heavy atom. The highest BCUT2D eigenvalue weighted by Gasteiger charge is 2.02. The maximum Gasteiger partial charge on any atom is 0.240 e. The van der Waals surface area contributed by atoms with Crippen LogP contribution >= 0.6 is 0 Å². The topological polar surface area (TPSA) is 46.9 Å². The fraction of sp³-hybridized carbons (Fsp3) is 0.167. The molecule has 0 spiro atoms. The molecule has 17 heavy (non-hydrogen) atoms. The summed E-state index contributed by atoms with van der Waals surface area (Å²) in [4.78, 5) is 15.4. The molecule has 1 aromatic heterocycles. The Balaban J connectivity index is 1.82. The average Bonchev–Trinajstić information content (AvgIpc) is 2.81. The molecule has 0 aliphatic rings. The van der Waals surface area contributed by atoms with Gasteiger partial charge in [-0.05, 0) is 17.7 Å². The number of nitrogens with zero attached hydrogens (tertiary/aromatic N) is 2. The summed E-state index contributed by atoms with van der Waals surface area (Å²) in [5.74, 6) is -0.384. The number of rotatable bonds is 4. The predicted molar refractivity (Wildman–Crippen MR) is 60.5 cm³/mol. The van der Waals surface area contributed by atoms with E-state index in [2.05, 4.69) is 10.3 Å². The van der Waals surface area contributed by atoms with Gasteiger partial charge in [-0.15, -0.1) is 0 Å². The van der Waals surface area contributed by atoms with E-state index in [1.165, 1.54) is 12.1 Å². The van der Waals surface area contributed by atoms with Gasteiger partial charge in [-0.25, -0.2) is 9.37 Å². The third-order valence-corrected chi connectivity index (χ3v) is 2.29. The van der Waals surface area contributed by atoms with Gasteiger partial charge in [0.2, 0.25) is 5.91 Å². The van der Waals surface area contributed by atoms with E-state index in [0.29, 0.717) is 6.54 Å². The molecule has 5 heteroatoms. The summed E-state index contributed by atoms with van der Waals surface area (Å²) in [7, 11) is 0. The molecule has 88 valence electrons. The third kappa shape index (κ3) is 3.41. The van der Waals surface area contributed by atoms with E-state index in [4.69, 9.17) is 0 Å². The maximum absolute atomic E-state index is 12.6. The molecule has 0 atom stereocenters. The Bertz CT molecular complexity index is 479. The van der Waals surface area contributed by atoms with E-state index in [0.717, 1.165) is 5.56 Å². The van der Waals surface area contributed by atoms with Crippen molar-refractivity contribution in [3.05, 3.63) is 54.4 Å². The largest absolute Gasteiger partial charge is 0.350 e. The van der Waals surface area contributed by atoms with E-state index in [1.54, 1.807) is 35.4 Å². The van der Waals surface area contributed by atoms with Crippen molar-refractivity contribution in [2.75, 3.05) is 0 Å². The number of hydrogen-bond donors (Lipinski definition) is 1. The number of carbonyl (C=O) groups excluding carboxylic acids is 1. The number of hydrogen-bond acceptors (Lipinski definition) is 2. The lowest BCUT2D eigenvalue weighted by molar-refractivity contribution is -0.121. The molecule has 0 fully saturated rings. The van der Waals surface area contributed by atoms with Gasteiger partial charge in [-0.2, -0.15) is 0 Å². The van der Waals surface area contributed by atoms with Gasteiger partial charge in [0.15, 0.2) is 0 Å². The summed E-state index contributed by atoms with van der Waals surface area (Å²) in [5.41, 5.74) is 0.866. The molecule has 1 N–H and O–H groups in total. The summed E-state index contributed by atoms with van der Waals surface area (Å²) in [6.45, 7) is 0.634. The van der Waals surface area contributed by atoms with Crippen LogP contribution in [0.3, 0.4) is 0 Å². The van der Waals surface area contributed by atoms with Crippen LogP contribution in [0.25, 0.3) is 0 Å². The molecule has 2 rings (SSSR count). The molecule has 0 saturated heterocycles. The molecule has 0 bridgehead atoms. The summed E-state index contributed by atoms with van der Waals surface area (Å²) >= 11 is 0. The maximum atomic E-state index is 12.6. The highest BCUT2D eigenvalue weighted by atomic mass is 19.1. The third-order valence-electron chi connectivity index (χ3n) is 2.29. The summed E-state index contributed by atoms with van der Waals surface area (Å²) in [6, 6.07) is 6.04. The van der Waals surface area contributed by atoms with Crippen LogP contribution in [-0.2, 0) is 17.9 Å². The first-order valence-electron chi connectivity index (χ1n) is 5.21. The number of benzene rings is 1. The molecular formula is C12H12FN3O. The van der Waals surface area contributed by atoms with Crippen molar-refractivity contribution in [2.24, 2.45) is 0 Å². The smallest absolute Gasteiger partial charge is 0.240 e. The lowest BCUT2D eigenvalue weighted by Gasteiger charge is -2.05. The Labute approximate surface area is 98.1 Å². The first-order chi connectivity index (χ1) is 8.24. The Morgan fingerprint density at radius 1 is 1.35 bits per heavy atom. The van der Waals surface area contributed by atoms with Crippen molar-refractivity contribution in [2.45, 2.75) is 13.1 Å². The SMILES string of the molecule is O=C(Cn1ccnc1)NCc1ccc(F)cc1. The van der Waals surface area contributed by atoms with Crippen LogP contribution in [0.15, 0.2) is 43.0 Å². The van der Waals surface area contributed by atoms with Crippen molar-refractivity contribution in [3.8, 4) is 0 Å². The molecule has 4 nitrogen and oxygen atoms in total. The fourth-order valence-corrected chi connectivity index (χ4v) is 1.40. The minimum Gasteiger partial charge on any atom is -0.350 e. The minimum absolute atomic E-state index is 0.104. The van der Waals surface area contributed by atoms with Crippen LogP contribution in [0.1, 0.15) is 5.56 Å². The number of aromatic nitrogens is 2. The molecule has 0 aliphatic carbocycles. The van der Waals surface area contributed by atoms with Crippen molar-refractivity contribution >= 4 is 5.91 Å². The second kappa shape index (κ2) is 5.25. The normalized spacial score (nSPS) is 10.2. The molecule has 2 aromatic rings. The Kier molecular flexibility index (Phi) is 3.49. The first kappa shape index (κ1) is 11.3. The lowest BCUT2D eigenvalue weighted by atomic mass is 10.2. The Morgan fingerprint density at radius 2 is 2.12 bits per heavy atom. The molecule has 0 unspecified atom stereocenters. The number of nitrogens with one attached hydrogen (secondary N) is 1. The van der Waals surface area contributed by atoms with Crippen LogP contribution in [0.2, 0.25) is 0 Å². The van der Waals surface area contributed by atoms with Crippen LogP contribution in [-0.4, -0.2) is 15.5 Å². The van der Waals surface area contributed by atoms with Gasteiger partial charge < -0.3 is 9.88 Å². The zero-order chi connectivity index (χ0) is 12.1. The lowest BCUT2D eigenvalue weighted by Crippen LogP contribution is -2.26. The summed E-state index contributed by atoms with van der Waals surface area (Å²) < 4.78 is 14.3. The van der Waals surface area contributed by atoms with E-state index < -0.39 is 0 Å². The molecule has 1 amide bonds. The zero-order valence-corrected chi connectivity index (χ0v) is 9.14. The standard InChI is InChI=1S/C12H12FN3O/c13-11-3-1-10(2-4-11)7-15-12(17)8-16-6-5-14-9-16/h1-6,9H,7-8H2,(H,15,17). The summed E-state index contributed by atoms with van der Waals surface area (Å²) in [6.07, 6.45) is 4.92. The van der Waals surface area contributed by atoms with Crippen LogP contribution in [0, 0.1) is 5.82 Å². The van der Waals surface area contributed by atoms with Crippen LogP contribution in [0.5, 0.6) is 0 Å². The van der Waals surface area contributed by atoms with Gasteiger partial charge in [-0.3, -0.25) is 4.79 Å². The van der Waals surface area contributed by atoms with Crippen molar-refractivity contribution < 1.29 is 9.18 Å². The summed E-state index contributed by atoms with van der Waals surface area (Å²) in [5, 5.41) is 2.75. The van der Waals surface area contributed by atoms with Gasteiger partial charge in [0.05, 0.1) is 6.33 Å². The van der Waals surface area contributed by atoms with Crippen molar-refractivity contribution in [1.29, 1.82) is 0 Å². The highest BCUT2D eigenvalue weighted by molar-refractivity contribution is 5.75. The van der Waals surface area contributed by atoms with Gasteiger partial charge in [0.1, 0.15) is 12.4 Å². The molecule has 0 aliphatic heterocycles. The van der Waals surface area contributed by atoms with E-state index in [-0.39, 0.29) is 18.3 Å². The Hall–Kier alpha value is -2.17. The van der Waals surface area contributed by atoms with Gasteiger partial charge in [0, 0.05) is 18.9 Å². The fourth-order valence-electron chi connectivity index (χ4n) is 1.40. The molecular weight excluding hydrogens is 221 g/mol. The van der Waals surface area contributed by atoms with E-state index >= 15 is 0 Å². The zero-order valence-electron chi connectivity index (χ0n) is 9.14. The second-order valence-corrected chi connectivity index (χ2v) is 3.64. The number of amides is 1. The molecule has 1 aromatic carbocycles. The quantitative estimate of drug-likeness (QED) is 0.866. The van der Waals surface area contributed by atoms with E-state index in [1.807, 2.05) is 0 Å². The van der Waals surface area contributed by atoms with Gasteiger partial charge in [-0.1, -0.05) is 12.1 Å². The molecule has 0 saturated carbocycles. The average molecular weight is 233 g/mol. The van der Waals surface area contributed by atoms with Gasteiger partial charge in [0.25, 0.3) is 0 Å². The second-order valence-electron chi connectivity index (χ2n) is 3.64. The monoisotopic (exact) mass is 233 g/mol.